The summed E-state index contributed by atoms with van der Waals surface area (Å²) < 4.78 is 6.34. The molecule has 0 radical (unpaired) electrons. The smallest absolute Gasteiger partial charge is 0.285 e. The number of rotatable bonds is 5. The fraction of sp³-hybridized carbons (Fsp3) is 0.207. The van der Waals surface area contributed by atoms with Crippen LogP contribution in [0.4, 0.5) is 0 Å². The third kappa shape index (κ3) is 4.47. The van der Waals surface area contributed by atoms with Crippen LogP contribution >= 0.6 is 0 Å². The number of aryl methyl sites for hydroxylation is 1. The van der Waals surface area contributed by atoms with Crippen LogP contribution in [-0.2, 0) is 11.3 Å². The van der Waals surface area contributed by atoms with Crippen molar-refractivity contribution in [3.05, 3.63) is 105 Å². The zero-order chi connectivity index (χ0) is 26.1. The highest BCUT2D eigenvalue weighted by Crippen LogP contribution is 2.34. The Labute approximate surface area is 214 Å². The van der Waals surface area contributed by atoms with Crippen molar-refractivity contribution in [3.8, 4) is 11.8 Å². The Balaban J connectivity index is 1.53. The van der Waals surface area contributed by atoms with Crippen molar-refractivity contribution in [2.75, 3.05) is 7.11 Å². The Bertz CT molecular complexity index is 1650. The largest absolute Gasteiger partial charge is 0.497 e. The molecular weight excluding hydrogens is 466 g/mol. The molecule has 184 valence electrons. The van der Waals surface area contributed by atoms with Gasteiger partial charge in [-0.1, -0.05) is 48.5 Å². The topological polar surface area (TPSA) is 101 Å². The van der Waals surface area contributed by atoms with Crippen LogP contribution < -0.4 is 10.3 Å². The van der Waals surface area contributed by atoms with Crippen LogP contribution in [0.15, 0.2) is 76.6 Å². The standard InChI is InChI=1S/C29H25N5O3/c1-18-19(2)31-33(29(36)25(18)16-30)17-28(35)34-27(21-10-12-24(37-3)13-11-21)15-26(32-34)23-9-8-20-6-4-5-7-22(20)14-23/h4-14,27H,15,17H2,1-3H3/t27-/m0/s1. The van der Waals surface area contributed by atoms with Crippen molar-refractivity contribution < 1.29 is 9.53 Å². The molecule has 1 atom stereocenters. The van der Waals surface area contributed by atoms with Crippen LogP contribution in [0.2, 0.25) is 0 Å². The van der Waals surface area contributed by atoms with Gasteiger partial charge in [-0.15, -0.1) is 0 Å². The zero-order valence-corrected chi connectivity index (χ0v) is 20.8. The molecule has 37 heavy (non-hydrogen) atoms. The molecule has 4 aromatic rings. The van der Waals surface area contributed by atoms with E-state index in [9.17, 15) is 14.9 Å². The predicted molar refractivity (Wildman–Crippen MR) is 140 cm³/mol. The van der Waals surface area contributed by atoms with Gasteiger partial charge in [-0.3, -0.25) is 9.59 Å². The van der Waals surface area contributed by atoms with E-state index in [-0.39, 0.29) is 18.2 Å². The zero-order valence-electron chi connectivity index (χ0n) is 20.8. The second kappa shape index (κ2) is 9.70. The van der Waals surface area contributed by atoms with Gasteiger partial charge in [0.15, 0.2) is 0 Å². The second-order valence-corrected chi connectivity index (χ2v) is 9.00. The van der Waals surface area contributed by atoms with E-state index in [2.05, 4.69) is 17.2 Å². The third-order valence-electron chi connectivity index (χ3n) is 6.78. The number of carbonyl (C=O) groups is 1. The van der Waals surface area contributed by atoms with Crippen molar-refractivity contribution in [2.24, 2.45) is 5.10 Å². The molecule has 8 heteroatoms. The first kappa shape index (κ1) is 23.9. The van der Waals surface area contributed by atoms with E-state index in [1.54, 1.807) is 21.0 Å². The molecular formula is C29H25N5O3. The van der Waals surface area contributed by atoms with E-state index >= 15 is 0 Å². The average molecular weight is 492 g/mol. The number of nitriles is 1. The maximum absolute atomic E-state index is 13.6. The molecule has 5 rings (SSSR count). The highest BCUT2D eigenvalue weighted by molar-refractivity contribution is 6.05. The monoisotopic (exact) mass is 491 g/mol. The van der Waals surface area contributed by atoms with Crippen molar-refractivity contribution >= 4 is 22.4 Å². The molecule has 8 nitrogen and oxygen atoms in total. The van der Waals surface area contributed by atoms with Gasteiger partial charge in [-0.05, 0) is 59.5 Å². The number of hydrogen-bond donors (Lipinski definition) is 0. The summed E-state index contributed by atoms with van der Waals surface area (Å²) in [5.41, 5.74) is 3.06. The number of methoxy groups -OCH3 is 1. The lowest BCUT2D eigenvalue weighted by molar-refractivity contribution is -0.133. The van der Waals surface area contributed by atoms with Gasteiger partial charge in [-0.2, -0.15) is 15.5 Å². The molecule has 2 heterocycles. The Hall–Kier alpha value is -4.77. The van der Waals surface area contributed by atoms with E-state index in [0.717, 1.165) is 32.3 Å². The van der Waals surface area contributed by atoms with Gasteiger partial charge in [0, 0.05) is 6.42 Å². The molecule has 0 N–H and O–H groups in total. The molecule has 0 aliphatic carbocycles. The summed E-state index contributed by atoms with van der Waals surface area (Å²) in [4.78, 5) is 26.4. The van der Waals surface area contributed by atoms with Gasteiger partial charge in [0.05, 0.1) is 24.6 Å². The first-order chi connectivity index (χ1) is 17.9. The Morgan fingerprint density at radius 3 is 2.51 bits per heavy atom. The summed E-state index contributed by atoms with van der Waals surface area (Å²) in [6, 6.07) is 23.3. The molecule has 0 unspecified atom stereocenters. The van der Waals surface area contributed by atoms with Gasteiger partial charge in [0.25, 0.3) is 11.5 Å². The number of nitrogens with zero attached hydrogens (tertiary/aromatic N) is 5. The van der Waals surface area contributed by atoms with E-state index in [4.69, 9.17) is 9.84 Å². The molecule has 1 aromatic heterocycles. The van der Waals surface area contributed by atoms with E-state index < -0.39 is 11.5 Å². The summed E-state index contributed by atoms with van der Waals surface area (Å²) in [6.45, 7) is 3.06. The summed E-state index contributed by atoms with van der Waals surface area (Å²) in [6.07, 6.45) is 0.509. The van der Waals surface area contributed by atoms with Crippen molar-refractivity contribution in [1.82, 2.24) is 14.8 Å². The van der Waals surface area contributed by atoms with E-state index in [1.807, 2.05) is 60.7 Å². The van der Waals surface area contributed by atoms with Crippen LogP contribution in [0, 0.1) is 25.2 Å². The molecule has 1 aliphatic rings. The Morgan fingerprint density at radius 1 is 1.08 bits per heavy atom. The van der Waals surface area contributed by atoms with Crippen LogP contribution in [0.5, 0.6) is 5.75 Å². The lowest BCUT2D eigenvalue weighted by Crippen LogP contribution is -2.36. The number of hydrazone groups is 1. The SMILES string of the molecule is COc1ccc([C@@H]2CC(c3ccc4ccccc4c3)=NN2C(=O)Cn2nc(C)c(C)c(C#N)c2=O)cc1. The number of hydrogen-bond acceptors (Lipinski definition) is 6. The molecule has 0 saturated heterocycles. The number of benzene rings is 3. The second-order valence-electron chi connectivity index (χ2n) is 9.00. The maximum atomic E-state index is 13.6. The number of carbonyl (C=O) groups excluding carboxylic acids is 1. The first-order valence-corrected chi connectivity index (χ1v) is 11.9. The summed E-state index contributed by atoms with van der Waals surface area (Å²) in [7, 11) is 1.60. The number of aromatic nitrogens is 2. The summed E-state index contributed by atoms with van der Waals surface area (Å²) >= 11 is 0. The minimum Gasteiger partial charge on any atom is -0.497 e. The Kier molecular flexibility index (Phi) is 6.28. The van der Waals surface area contributed by atoms with Gasteiger partial charge in [0.1, 0.15) is 23.9 Å². The molecule has 0 bridgehead atoms. The van der Waals surface area contributed by atoms with Crippen LogP contribution in [0.3, 0.4) is 0 Å². The highest BCUT2D eigenvalue weighted by Gasteiger charge is 2.33. The number of ether oxygens (including phenoxy) is 1. The van der Waals surface area contributed by atoms with Crippen LogP contribution in [0.1, 0.15) is 40.4 Å². The number of fused-ring (bicyclic) bond motifs is 1. The molecule has 0 fully saturated rings. The van der Waals surface area contributed by atoms with Crippen molar-refractivity contribution in [3.63, 3.8) is 0 Å². The fourth-order valence-electron chi connectivity index (χ4n) is 4.58. The summed E-state index contributed by atoms with van der Waals surface area (Å²) in [5.74, 6) is 0.323. The van der Waals surface area contributed by atoms with Gasteiger partial charge in [-0.25, -0.2) is 9.69 Å². The molecule has 1 aliphatic heterocycles. The molecule has 0 spiro atoms. The molecule has 1 amide bonds. The van der Waals surface area contributed by atoms with E-state index in [0.29, 0.717) is 23.4 Å². The maximum Gasteiger partial charge on any atom is 0.285 e. The van der Waals surface area contributed by atoms with Crippen LogP contribution in [-0.4, -0.2) is 33.5 Å². The minimum atomic E-state index is -0.585. The normalized spacial score (nSPS) is 14.9. The van der Waals surface area contributed by atoms with Gasteiger partial charge < -0.3 is 4.74 Å². The van der Waals surface area contributed by atoms with Crippen molar-refractivity contribution in [2.45, 2.75) is 32.9 Å². The minimum absolute atomic E-state index is 0.00576. The average Bonchev–Trinajstić information content (AvgIpc) is 3.37. The van der Waals surface area contributed by atoms with Crippen molar-refractivity contribution in [1.29, 1.82) is 5.26 Å². The fourth-order valence-corrected chi connectivity index (χ4v) is 4.58. The highest BCUT2D eigenvalue weighted by atomic mass is 16.5. The third-order valence-corrected chi connectivity index (χ3v) is 6.78. The van der Waals surface area contributed by atoms with Gasteiger partial charge >= 0.3 is 0 Å². The predicted octanol–water partition coefficient (Wildman–Crippen LogP) is 4.27. The lowest BCUT2D eigenvalue weighted by atomic mass is 9.97. The van der Waals surface area contributed by atoms with E-state index in [1.165, 1.54) is 5.01 Å². The van der Waals surface area contributed by atoms with Crippen LogP contribution in [0.25, 0.3) is 10.8 Å². The van der Waals surface area contributed by atoms with Gasteiger partial charge in [0.2, 0.25) is 0 Å². The molecule has 3 aromatic carbocycles. The number of amides is 1. The molecule has 0 saturated carbocycles. The first-order valence-electron chi connectivity index (χ1n) is 11.9. The summed E-state index contributed by atoms with van der Waals surface area (Å²) in [5, 5.41) is 22.1. The lowest BCUT2D eigenvalue weighted by Gasteiger charge is -2.22. The Morgan fingerprint density at radius 2 is 1.81 bits per heavy atom. The quantitative estimate of drug-likeness (QED) is 0.415.